The normalized spacial score (nSPS) is 15.2. The number of carbonyl (C=O) groups excluding carboxylic acids is 1. The minimum Gasteiger partial charge on any atom is -0.379 e. The summed E-state index contributed by atoms with van der Waals surface area (Å²) in [4.78, 5) is 12.6. The summed E-state index contributed by atoms with van der Waals surface area (Å²) < 4.78 is 31.9. The molecule has 2 heterocycles. The van der Waals surface area contributed by atoms with E-state index in [4.69, 9.17) is 4.74 Å². The molecule has 1 aliphatic rings. The van der Waals surface area contributed by atoms with Gasteiger partial charge in [0.25, 0.3) is 5.91 Å². The fraction of sp³-hybridized carbons (Fsp3) is 0.211. The van der Waals surface area contributed by atoms with Crippen LogP contribution in [-0.2, 0) is 14.8 Å². The van der Waals surface area contributed by atoms with Gasteiger partial charge in [-0.05, 0) is 24.3 Å². The van der Waals surface area contributed by atoms with E-state index in [0.29, 0.717) is 42.0 Å². The number of carbonyl (C=O) groups is 1. The van der Waals surface area contributed by atoms with Crippen LogP contribution in [0.15, 0.2) is 59.5 Å². The minimum atomic E-state index is -3.59. The molecule has 0 radical (unpaired) electrons. The van der Waals surface area contributed by atoms with Crippen LogP contribution in [0.25, 0.3) is 10.6 Å². The highest BCUT2D eigenvalue weighted by Crippen LogP contribution is 2.26. The Hall–Kier alpha value is -2.66. The zero-order chi connectivity index (χ0) is 20.3. The number of rotatable bonds is 5. The van der Waals surface area contributed by atoms with Crippen LogP contribution in [-0.4, -0.2) is 55.1 Å². The van der Waals surface area contributed by atoms with Crippen molar-refractivity contribution >= 4 is 32.4 Å². The van der Waals surface area contributed by atoms with Gasteiger partial charge in [0.05, 0.1) is 18.1 Å². The molecule has 1 aromatic heterocycles. The second kappa shape index (κ2) is 8.37. The molecule has 0 unspecified atom stereocenters. The summed E-state index contributed by atoms with van der Waals surface area (Å²) in [6, 6.07) is 15.4. The predicted octanol–water partition coefficient (Wildman–Crippen LogP) is 2.48. The van der Waals surface area contributed by atoms with E-state index in [1.54, 1.807) is 0 Å². The number of aromatic nitrogens is 2. The van der Waals surface area contributed by atoms with Gasteiger partial charge in [-0.25, -0.2) is 8.42 Å². The number of benzene rings is 2. The van der Waals surface area contributed by atoms with Crippen molar-refractivity contribution < 1.29 is 17.9 Å². The molecule has 10 heteroatoms. The lowest BCUT2D eigenvalue weighted by Crippen LogP contribution is -2.40. The molecule has 0 spiro atoms. The van der Waals surface area contributed by atoms with Crippen LogP contribution in [0.1, 0.15) is 10.4 Å². The monoisotopic (exact) mass is 430 g/mol. The topological polar surface area (TPSA) is 101 Å². The fourth-order valence-corrected chi connectivity index (χ4v) is 5.01. The maximum Gasteiger partial charge on any atom is 0.257 e. The van der Waals surface area contributed by atoms with E-state index in [2.05, 4.69) is 15.5 Å². The van der Waals surface area contributed by atoms with Gasteiger partial charge >= 0.3 is 0 Å². The first-order chi connectivity index (χ1) is 14.0. The van der Waals surface area contributed by atoms with Crippen molar-refractivity contribution in [2.24, 2.45) is 0 Å². The van der Waals surface area contributed by atoms with Crippen molar-refractivity contribution in [1.29, 1.82) is 0 Å². The zero-order valence-electron chi connectivity index (χ0n) is 15.3. The van der Waals surface area contributed by atoms with Gasteiger partial charge < -0.3 is 4.74 Å². The van der Waals surface area contributed by atoms with Gasteiger partial charge in [-0.1, -0.05) is 41.7 Å². The molecule has 0 bridgehead atoms. The third-order valence-corrected chi connectivity index (χ3v) is 7.19. The fourth-order valence-electron chi connectivity index (χ4n) is 2.85. The molecule has 1 fully saturated rings. The number of nitrogens with one attached hydrogen (secondary N) is 1. The molecule has 3 aromatic rings. The Bertz CT molecular complexity index is 1090. The van der Waals surface area contributed by atoms with Crippen molar-refractivity contribution in [3.63, 3.8) is 0 Å². The highest BCUT2D eigenvalue weighted by Gasteiger charge is 2.26. The first-order valence-corrected chi connectivity index (χ1v) is 11.2. The quantitative estimate of drug-likeness (QED) is 0.667. The summed E-state index contributed by atoms with van der Waals surface area (Å²) >= 11 is 1.27. The summed E-state index contributed by atoms with van der Waals surface area (Å²) in [5.74, 6) is -0.379. The summed E-state index contributed by atoms with van der Waals surface area (Å²) in [6.45, 7) is 1.41. The number of ether oxygens (including phenoxy) is 1. The van der Waals surface area contributed by atoms with Crippen LogP contribution in [0.2, 0.25) is 0 Å². The Morgan fingerprint density at radius 3 is 2.38 bits per heavy atom. The summed E-state index contributed by atoms with van der Waals surface area (Å²) in [6.07, 6.45) is 0. The van der Waals surface area contributed by atoms with Gasteiger partial charge in [-0.15, -0.1) is 10.2 Å². The van der Waals surface area contributed by atoms with Gasteiger partial charge in [0, 0.05) is 24.2 Å². The molecule has 4 rings (SSSR count). The van der Waals surface area contributed by atoms with E-state index in [1.165, 1.54) is 39.9 Å². The lowest BCUT2D eigenvalue weighted by molar-refractivity contribution is 0.0730. The molecule has 1 aliphatic heterocycles. The van der Waals surface area contributed by atoms with E-state index in [-0.39, 0.29) is 10.8 Å². The van der Waals surface area contributed by atoms with Crippen molar-refractivity contribution in [2.75, 3.05) is 31.6 Å². The highest BCUT2D eigenvalue weighted by atomic mass is 32.2. The first kappa shape index (κ1) is 19.6. The molecular weight excluding hydrogens is 412 g/mol. The number of anilines is 1. The van der Waals surface area contributed by atoms with E-state index in [0.717, 1.165) is 5.56 Å². The van der Waals surface area contributed by atoms with E-state index in [1.807, 2.05) is 30.3 Å². The number of amides is 1. The first-order valence-electron chi connectivity index (χ1n) is 8.92. The van der Waals surface area contributed by atoms with Crippen molar-refractivity contribution in [1.82, 2.24) is 14.5 Å². The van der Waals surface area contributed by atoms with Crippen LogP contribution in [0.5, 0.6) is 0 Å². The van der Waals surface area contributed by atoms with E-state index >= 15 is 0 Å². The van der Waals surface area contributed by atoms with E-state index < -0.39 is 10.0 Å². The van der Waals surface area contributed by atoms with Gasteiger partial charge in [0.1, 0.15) is 5.01 Å². The summed E-state index contributed by atoms with van der Waals surface area (Å²) in [7, 11) is -3.59. The van der Waals surface area contributed by atoms with Crippen molar-refractivity contribution in [3.05, 3.63) is 60.2 Å². The molecule has 29 heavy (non-hydrogen) atoms. The second-order valence-corrected chi connectivity index (χ2v) is 9.19. The molecule has 1 saturated heterocycles. The van der Waals surface area contributed by atoms with Gasteiger partial charge in [-0.2, -0.15) is 4.31 Å². The molecule has 0 saturated carbocycles. The molecule has 1 N–H and O–H groups in total. The van der Waals surface area contributed by atoms with Gasteiger partial charge in [0.15, 0.2) is 0 Å². The van der Waals surface area contributed by atoms with E-state index in [9.17, 15) is 13.2 Å². The summed E-state index contributed by atoms with van der Waals surface area (Å²) in [5.41, 5.74) is 1.26. The third kappa shape index (κ3) is 4.35. The number of morpholine rings is 1. The molecule has 150 valence electrons. The Labute approximate surface area is 172 Å². The SMILES string of the molecule is O=C(Nc1nnc(-c2ccccc2)s1)c1ccc(S(=O)(=O)N2CCOCC2)cc1. The molecule has 0 aliphatic carbocycles. The maximum absolute atomic E-state index is 12.7. The molecule has 0 atom stereocenters. The lowest BCUT2D eigenvalue weighted by Gasteiger charge is -2.26. The zero-order valence-corrected chi connectivity index (χ0v) is 16.9. The standard InChI is InChI=1S/C19H18N4O4S2/c24-17(20-19-22-21-18(28-19)15-4-2-1-3-5-15)14-6-8-16(9-7-14)29(25,26)23-10-12-27-13-11-23/h1-9H,10-13H2,(H,20,22,24). The Balaban J connectivity index is 1.45. The molecule has 2 aromatic carbocycles. The highest BCUT2D eigenvalue weighted by molar-refractivity contribution is 7.89. The number of nitrogens with zero attached hydrogens (tertiary/aromatic N) is 3. The Morgan fingerprint density at radius 1 is 1.00 bits per heavy atom. The summed E-state index contributed by atoms with van der Waals surface area (Å²) in [5, 5.41) is 11.9. The van der Waals surface area contributed by atoms with Crippen LogP contribution in [0.4, 0.5) is 5.13 Å². The molecule has 1 amide bonds. The lowest BCUT2D eigenvalue weighted by atomic mass is 10.2. The Morgan fingerprint density at radius 2 is 1.69 bits per heavy atom. The third-order valence-electron chi connectivity index (χ3n) is 4.39. The van der Waals surface area contributed by atoms with Gasteiger partial charge in [0.2, 0.25) is 15.2 Å². The average Bonchev–Trinajstić information content (AvgIpc) is 3.23. The molecule has 8 nitrogen and oxygen atoms in total. The van der Waals surface area contributed by atoms with Crippen LogP contribution >= 0.6 is 11.3 Å². The van der Waals surface area contributed by atoms with Crippen LogP contribution in [0, 0.1) is 0 Å². The van der Waals surface area contributed by atoms with Gasteiger partial charge in [-0.3, -0.25) is 10.1 Å². The van der Waals surface area contributed by atoms with Crippen molar-refractivity contribution in [2.45, 2.75) is 4.90 Å². The number of hydrogen-bond acceptors (Lipinski definition) is 7. The van der Waals surface area contributed by atoms with Crippen LogP contribution < -0.4 is 5.32 Å². The average molecular weight is 431 g/mol. The predicted molar refractivity (Wildman–Crippen MR) is 109 cm³/mol. The minimum absolute atomic E-state index is 0.151. The smallest absolute Gasteiger partial charge is 0.257 e. The molecular formula is C19H18N4O4S2. The van der Waals surface area contributed by atoms with Crippen molar-refractivity contribution in [3.8, 4) is 10.6 Å². The Kier molecular flexibility index (Phi) is 5.67. The second-order valence-electron chi connectivity index (χ2n) is 6.27. The maximum atomic E-state index is 12.7. The largest absolute Gasteiger partial charge is 0.379 e. The van der Waals surface area contributed by atoms with Crippen LogP contribution in [0.3, 0.4) is 0 Å². The number of sulfonamides is 1. The number of hydrogen-bond donors (Lipinski definition) is 1.